The molecule has 0 spiro atoms. The number of nitrogens with two attached hydrogens (primary N) is 1. The summed E-state index contributed by atoms with van der Waals surface area (Å²) in [6.45, 7) is 2.93. The Morgan fingerprint density at radius 1 is 1.78 bits per heavy atom. The summed E-state index contributed by atoms with van der Waals surface area (Å²) in [5.74, 6) is -0.601. The van der Waals surface area contributed by atoms with Crippen molar-refractivity contribution in [3.05, 3.63) is 12.4 Å². The second kappa shape index (κ2) is 3.77. The number of guanidine groups is 1. The third-order valence-corrected chi connectivity index (χ3v) is 0.566. The third-order valence-electron chi connectivity index (χ3n) is 0.566. The van der Waals surface area contributed by atoms with Crippen molar-refractivity contribution < 1.29 is 4.39 Å². The van der Waals surface area contributed by atoms with Crippen molar-refractivity contribution in [3.8, 4) is 0 Å². The Labute approximate surface area is 52.8 Å². The number of allylic oxidation sites excluding steroid dienone is 1. The van der Waals surface area contributed by atoms with Crippen molar-refractivity contribution in [3.63, 3.8) is 0 Å². The quantitative estimate of drug-likeness (QED) is 0.406. The number of rotatable bonds is 1. The van der Waals surface area contributed by atoms with Crippen molar-refractivity contribution >= 4 is 12.2 Å². The lowest BCUT2D eigenvalue weighted by atomic mass is 10.6. The van der Waals surface area contributed by atoms with E-state index in [0.29, 0.717) is 0 Å². The normalized spacial score (nSPS) is 12.4. The summed E-state index contributed by atoms with van der Waals surface area (Å²) < 4.78 is 11.7. The fourth-order valence-electron chi connectivity index (χ4n) is 0.194. The van der Waals surface area contributed by atoms with Crippen LogP contribution < -0.4 is 5.73 Å². The molecule has 0 aromatic rings. The van der Waals surface area contributed by atoms with E-state index in [0.717, 1.165) is 6.21 Å². The topological polar surface area (TPSA) is 50.7 Å². The highest BCUT2D eigenvalue weighted by Crippen LogP contribution is 1.83. The number of hydrogen-bond acceptors (Lipinski definition) is 1. The molecule has 0 saturated heterocycles. The first-order valence-corrected chi connectivity index (χ1v) is 2.27. The monoisotopic (exact) mass is 129 g/mol. The highest BCUT2D eigenvalue weighted by molar-refractivity contribution is 5.90. The van der Waals surface area contributed by atoms with E-state index in [-0.39, 0.29) is 5.96 Å². The van der Waals surface area contributed by atoms with Gasteiger partial charge < -0.3 is 5.73 Å². The van der Waals surface area contributed by atoms with Crippen molar-refractivity contribution in [1.82, 2.24) is 0 Å². The molecule has 0 heterocycles. The Morgan fingerprint density at radius 2 is 2.33 bits per heavy atom. The summed E-state index contributed by atoms with van der Waals surface area (Å²) in [5.41, 5.74) is 5.07. The molecule has 4 heteroatoms. The van der Waals surface area contributed by atoms with Crippen molar-refractivity contribution in [1.29, 1.82) is 0 Å². The molecule has 0 rings (SSSR count). The maximum absolute atomic E-state index is 11.7. The fraction of sp³-hybridized carbons (Fsp3) is 0.200. The molecule has 50 valence electrons. The molecule has 9 heavy (non-hydrogen) atoms. The maximum atomic E-state index is 11.7. The van der Waals surface area contributed by atoms with Crippen LogP contribution in [0.25, 0.3) is 0 Å². The summed E-state index contributed by atoms with van der Waals surface area (Å²) in [6.07, 6.45) is 0.905. The van der Waals surface area contributed by atoms with Gasteiger partial charge >= 0.3 is 0 Å². The molecular weight excluding hydrogens is 121 g/mol. The van der Waals surface area contributed by atoms with Gasteiger partial charge in [0.15, 0.2) is 0 Å². The predicted molar refractivity (Wildman–Crippen MR) is 36.3 cm³/mol. The summed E-state index contributed by atoms with van der Waals surface area (Å²) in [4.78, 5) is 6.82. The van der Waals surface area contributed by atoms with E-state index in [4.69, 9.17) is 5.73 Å². The zero-order valence-electron chi connectivity index (χ0n) is 5.13. The van der Waals surface area contributed by atoms with E-state index < -0.39 is 5.83 Å². The van der Waals surface area contributed by atoms with Crippen LogP contribution in [0.15, 0.2) is 22.4 Å². The molecule has 0 fully saturated rings. The van der Waals surface area contributed by atoms with Crippen LogP contribution in [0, 0.1) is 0 Å². The van der Waals surface area contributed by atoms with Gasteiger partial charge in [-0.3, -0.25) is 4.99 Å². The van der Waals surface area contributed by atoms with Crippen molar-refractivity contribution in [2.24, 2.45) is 15.7 Å². The molecule has 0 aliphatic heterocycles. The molecular formula is C5H8FN3. The average molecular weight is 129 g/mol. The molecule has 0 radical (unpaired) electrons. The van der Waals surface area contributed by atoms with Crippen LogP contribution in [0.1, 0.15) is 0 Å². The minimum atomic E-state index is -0.637. The van der Waals surface area contributed by atoms with Gasteiger partial charge in [-0.25, -0.2) is 9.38 Å². The van der Waals surface area contributed by atoms with Gasteiger partial charge in [-0.05, 0) is 0 Å². The summed E-state index contributed by atoms with van der Waals surface area (Å²) >= 11 is 0. The fourth-order valence-corrected chi connectivity index (χ4v) is 0.194. The summed E-state index contributed by atoms with van der Waals surface area (Å²) in [7, 11) is 1.47. The zero-order chi connectivity index (χ0) is 7.28. The minimum Gasteiger partial charge on any atom is -0.368 e. The molecule has 0 unspecified atom stereocenters. The number of halogens is 1. The van der Waals surface area contributed by atoms with E-state index in [1.54, 1.807) is 0 Å². The van der Waals surface area contributed by atoms with Crippen LogP contribution in [0.5, 0.6) is 0 Å². The van der Waals surface area contributed by atoms with Crippen LogP contribution in [-0.4, -0.2) is 19.2 Å². The van der Waals surface area contributed by atoms with E-state index >= 15 is 0 Å². The first-order valence-electron chi connectivity index (χ1n) is 2.27. The number of hydrogen-bond donors (Lipinski definition) is 1. The molecule has 0 aromatic heterocycles. The Bertz CT molecular complexity index is 160. The molecule has 3 nitrogen and oxygen atoms in total. The second-order valence-electron chi connectivity index (χ2n) is 1.29. The third kappa shape index (κ3) is 4.67. The average Bonchev–Trinajstić information content (AvgIpc) is 1.83. The zero-order valence-corrected chi connectivity index (χ0v) is 5.13. The second-order valence-corrected chi connectivity index (χ2v) is 1.29. The van der Waals surface area contributed by atoms with Gasteiger partial charge in [-0.2, -0.15) is 0 Å². The highest BCUT2D eigenvalue weighted by atomic mass is 19.1. The Hall–Kier alpha value is -1.19. The molecule has 0 atom stereocenters. The van der Waals surface area contributed by atoms with Gasteiger partial charge in [0, 0.05) is 7.05 Å². The molecule has 2 N–H and O–H groups in total. The van der Waals surface area contributed by atoms with Gasteiger partial charge in [-0.1, -0.05) is 6.58 Å². The molecule has 0 bridgehead atoms. The lowest BCUT2D eigenvalue weighted by Gasteiger charge is -1.84. The summed E-state index contributed by atoms with van der Waals surface area (Å²) in [6, 6.07) is 0. The van der Waals surface area contributed by atoms with Gasteiger partial charge in [0.1, 0.15) is 5.83 Å². The molecule has 0 amide bonds. The predicted octanol–water partition coefficient (Wildman–Crippen LogP) is 0.485. The summed E-state index contributed by atoms with van der Waals surface area (Å²) in [5, 5.41) is 0. The lowest BCUT2D eigenvalue weighted by molar-refractivity contribution is 0.691. The Kier molecular flexibility index (Phi) is 3.27. The van der Waals surface area contributed by atoms with Crippen LogP contribution in [0.4, 0.5) is 4.39 Å². The van der Waals surface area contributed by atoms with E-state index in [9.17, 15) is 4.39 Å². The standard InChI is InChI=1S/C5H8FN3/c1-4(6)3-9-5(7)8-2/h3H,1H2,2H3,(H2,7,8)/b9-3-. The minimum absolute atomic E-state index is 0.0359. The van der Waals surface area contributed by atoms with Crippen LogP contribution in [-0.2, 0) is 0 Å². The lowest BCUT2D eigenvalue weighted by Crippen LogP contribution is -2.07. The van der Waals surface area contributed by atoms with E-state index in [2.05, 4.69) is 16.6 Å². The molecule has 0 aliphatic rings. The number of aliphatic imine (C=N–C) groups is 2. The number of nitrogens with zero attached hydrogens (tertiary/aromatic N) is 2. The Morgan fingerprint density at radius 3 is 2.67 bits per heavy atom. The molecule has 0 aromatic carbocycles. The molecule has 0 aliphatic carbocycles. The van der Waals surface area contributed by atoms with E-state index in [1.807, 2.05) is 0 Å². The first-order chi connectivity index (χ1) is 4.16. The molecule has 0 saturated carbocycles. The largest absolute Gasteiger partial charge is 0.368 e. The maximum Gasteiger partial charge on any atom is 0.215 e. The Balaban J connectivity index is 3.86. The van der Waals surface area contributed by atoms with Gasteiger partial charge in [-0.15, -0.1) is 0 Å². The van der Waals surface area contributed by atoms with Gasteiger partial charge in [0.05, 0.1) is 6.21 Å². The van der Waals surface area contributed by atoms with Crippen molar-refractivity contribution in [2.75, 3.05) is 7.05 Å². The van der Waals surface area contributed by atoms with E-state index in [1.165, 1.54) is 7.05 Å². The van der Waals surface area contributed by atoms with Crippen LogP contribution >= 0.6 is 0 Å². The van der Waals surface area contributed by atoms with Gasteiger partial charge in [0.25, 0.3) is 0 Å². The highest BCUT2D eigenvalue weighted by Gasteiger charge is 1.81. The van der Waals surface area contributed by atoms with Crippen LogP contribution in [0.3, 0.4) is 0 Å². The smallest absolute Gasteiger partial charge is 0.215 e. The SMILES string of the molecule is C=C(F)/C=N\C(N)=N/C. The van der Waals surface area contributed by atoms with Gasteiger partial charge in [0.2, 0.25) is 5.96 Å². The first kappa shape index (κ1) is 7.81. The van der Waals surface area contributed by atoms with Crippen LogP contribution in [0.2, 0.25) is 0 Å². The van der Waals surface area contributed by atoms with Crippen molar-refractivity contribution in [2.45, 2.75) is 0 Å².